The molecule has 4 aromatic carbocycles. The maximum absolute atomic E-state index is 2.39. The predicted octanol–water partition coefficient (Wildman–Crippen LogP) is 1.07. The molecule has 0 bridgehead atoms. The fourth-order valence-electron chi connectivity index (χ4n) is 4.42. The molecule has 150 valence electrons. The Bertz CT molecular complexity index is 1050. The van der Waals surface area contributed by atoms with Gasteiger partial charge in [-0.1, -0.05) is 48.9 Å². The average Bonchev–Trinajstić information content (AvgIpc) is 3.03. The van der Waals surface area contributed by atoms with Gasteiger partial charge in [-0.2, -0.15) is 11.1 Å². The van der Waals surface area contributed by atoms with Crippen LogP contribution in [0.15, 0.2) is 36.4 Å². The van der Waals surface area contributed by atoms with Crippen LogP contribution >= 0.6 is 0 Å². The number of aryl methyl sites for hydroxylation is 8. The van der Waals surface area contributed by atoms with Gasteiger partial charge in [0.25, 0.3) is 0 Å². The van der Waals surface area contributed by atoms with E-state index in [0.717, 1.165) is 12.8 Å². The summed E-state index contributed by atoms with van der Waals surface area (Å²) in [5.74, 6) is 0. The molecular weight excluding hydrogens is 431 g/mol. The smallest absolute Gasteiger partial charge is 1.00 e. The molecule has 0 aliphatic heterocycles. The molecule has 0 aliphatic carbocycles. The maximum atomic E-state index is 2.39. The summed E-state index contributed by atoms with van der Waals surface area (Å²) in [6.45, 7) is 13.4. The third kappa shape index (κ3) is 4.67. The van der Waals surface area contributed by atoms with Gasteiger partial charge < -0.3 is 24.8 Å². The quantitative estimate of drug-likeness (QED) is 0.318. The van der Waals surface area contributed by atoms with E-state index in [1.54, 1.807) is 0 Å². The van der Waals surface area contributed by atoms with Crippen molar-refractivity contribution in [3.05, 3.63) is 80.9 Å². The third-order valence-electron chi connectivity index (χ3n) is 6.30. The predicted molar refractivity (Wildman–Crippen MR) is 115 cm³/mol. The van der Waals surface area contributed by atoms with Crippen molar-refractivity contribution < 1.29 is 46.5 Å². The van der Waals surface area contributed by atoms with Gasteiger partial charge in [0.2, 0.25) is 0 Å². The Hall–Kier alpha value is -1.05. The second-order valence-corrected chi connectivity index (χ2v) is 8.16. The van der Waals surface area contributed by atoms with Gasteiger partial charge in [-0.15, -0.1) is 69.1 Å². The van der Waals surface area contributed by atoms with Crippen molar-refractivity contribution in [3.8, 4) is 0 Å². The third-order valence-corrected chi connectivity index (χ3v) is 6.30. The monoisotopic (exact) mass is 458 g/mol. The number of rotatable bonds is 3. The molecule has 4 rings (SSSR count). The zero-order valence-electron chi connectivity index (χ0n) is 18.1. The van der Waals surface area contributed by atoms with Crippen molar-refractivity contribution in [1.82, 2.24) is 0 Å². The van der Waals surface area contributed by atoms with Crippen LogP contribution in [0.5, 0.6) is 0 Å². The number of benzene rings is 2. The maximum Gasteiger partial charge on any atom is 4.00 e. The van der Waals surface area contributed by atoms with Gasteiger partial charge in [0.1, 0.15) is 0 Å². The summed E-state index contributed by atoms with van der Waals surface area (Å²) in [4.78, 5) is 0. The van der Waals surface area contributed by atoms with Crippen LogP contribution < -0.4 is 24.8 Å². The number of hydrogen-bond donors (Lipinski definition) is 0. The first kappa shape index (κ1) is 26.0. The Balaban J connectivity index is 0.00000140. The summed E-state index contributed by atoms with van der Waals surface area (Å²) in [5, 5.41) is 5.70. The van der Waals surface area contributed by atoms with Crippen LogP contribution in [0.2, 0.25) is 0 Å². The van der Waals surface area contributed by atoms with E-state index < -0.39 is 0 Å². The van der Waals surface area contributed by atoms with Crippen LogP contribution in [-0.4, -0.2) is 0 Å². The fourth-order valence-corrected chi connectivity index (χ4v) is 4.42. The van der Waals surface area contributed by atoms with E-state index in [1.165, 1.54) is 66.1 Å². The van der Waals surface area contributed by atoms with Crippen molar-refractivity contribution in [1.29, 1.82) is 0 Å². The van der Waals surface area contributed by atoms with Gasteiger partial charge in [0.15, 0.2) is 0 Å². The summed E-state index contributed by atoms with van der Waals surface area (Å²) in [7, 11) is 0. The van der Waals surface area contributed by atoms with E-state index in [4.69, 9.17) is 0 Å². The molecule has 0 atom stereocenters. The van der Waals surface area contributed by atoms with Crippen LogP contribution in [0.25, 0.3) is 21.5 Å². The first-order valence-corrected chi connectivity index (χ1v) is 9.67. The Labute approximate surface area is 202 Å². The van der Waals surface area contributed by atoms with Gasteiger partial charge >= 0.3 is 21.7 Å². The van der Waals surface area contributed by atoms with Crippen LogP contribution in [0, 0.1) is 41.5 Å². The van der Waals surface area contributed by atoms with Crippen LogP contribution in [-0.2, 0) is 34.6 Å². The summed E-state index contributed by atoms with van der Waals surface area (Å²) in [5.41, 5.74) is 11.5. The summed E-state index contributed by atoms with van der Waals surface area (Å²) < 4.78 is 0. The average molecular weight is 459 g/mol. The van der Waals surface area contributed by atoms with Gasteiger partial charge in [-0.05, 0) is 27.7 Å². The minimum atomic E-state index is 0. The topological polar surface area (TPSA) is 0 Å². The van der Waals surface area contributed by atoms with Crippen molar-refractivity contribution in [2.75, 3.05) is 0 Å². The standard InChI is InChI=1S/C26H28.2ClH.Ti/c1-15-9-21-11-19(5)23(25(21)13-17(15)3)7-8-24-20(6)12-22-10-16(2)18(4)14-26(22)24;;;/h9-14H,7-8H2,1-6H3;2*1H;/q-2;;;+4/p-2. The number of halogens is 2. The van der Waals surface area contributed by atoms with Crippen molar-refractivity contribution in [3.63, 3.8) is 0 Å². The zero-order chi connectivity index (χ0) is 18.6. The van der Waals surface area contributed by atoms with E-state index in [0.29, 0.717) is 0 Å². The van der Waals surface area contributed by atoms with Gasteiger partial charge in [-0.25, -0.2) is 0 Å². The first-order valence-electron chi connectivity index (χ1n) is 9.67. The molecule has 0 N–H and O–H groups in total. The first-order chi connectivity index (χ1) is 12.3. The SMILES string of the molecule is Cc1cc2[cH-]c(C)c(CCc3c(C)[cH-]c4cc(C)c(C)cc34)c2cc1C.[Cl-].[Cl-].[Ti+4]. The van der Waals surface area contributed by atoms with Crippen LogP contribution in [0.4, 0.5) is 0 Å². The van der Waals surface area contributed by atoms with E-state index in [1.807, 2.05) is 0 Å². The fraction of sp³-hybridized carbons (Fsp3) is 0.308. The van der Waals surface area contributed by atoms with Gasteiger partial charge in [-0.3, -0.25) is 0 Å². The molecule has 0 nitrogen and oxygen atoms in total. The Morgan fingerprint density at radius 1 is 0.552 bits per heavy atom. The summed E-state index contributed by atoms with van der Waals surface area (Å²) >= 11 is 0. The molecule has 0 heterocycles. The van der Waals surface area contributed by atoms with E-state index in [2.05, 4.69) is 77.9 Å². The Kier molecular flexibility index (Phi) is 8.82. The molecule has 0 saturated carbocycles. The molecule has 3 heteroatoms. The second kappa shape index (κ2) is 9.84. The normalized spacial score (nSPS) is 10.6. The van der Waals surface area contributed by atoms with Crippen molar-refractivity contribution in [2.45, 2.75) is 54.4 Å². The molecule has 0 saturated heterocycles. The number of fused-ring (bicyclic) bond motifs is 2. The van der Waals surface area contributed by atoms with Crippen molar-refractivity contribution in [2.24, 2.45) is 0 Å². The van der Waals surface area contributed by atoms with E-state index in [-0.39, 0.29) is 46.5 Å². The minimum Gasteiger partial charge on any atom is -1.00 e. The Morgan fingerprint density at radius 3 is 1.21 bits per heavy atom. The minimum absolute atomic E-state index is 0. The van der Waals surface area contributed by atoms with E-state index in [9.17, 15) is 0 Å². The summed E-state index contributed by atoms with van der Waals surface area (Å²) in [6, 6.07) is 14.2. The van der Waals surface area contributed by atoms with Gasteiger partial charge in [0.05, 0.1) is 0 Å². The molecule has 0 unspecified atom stereocenters. The Morgan fingerprint density at radius 2 is 0.862 bits per heavy atom. The molecule has 0 aromatic heterocycles. The largest absolute Gasteiger partial charge is 4.00 e. The summed E-state index contributed by atoms with van der Waals surface area (Å²) in [6.07, 6.45) is 2.23. The van der Waals surface area contributed by atoms with Gasteiger partial charge in [0, 0.05) is 0 Å². The van der Waals surface area contributed by atoms with Crippen LogP contribution in [0.1, 0.15) is 44.5 Å². The molecule has 29 heavy (non-hydrogen) atoms. The molecule has 0 fully saturated rings. The number of hydrogen-bond acceptors (Lipinski definition) is 0. The molecule has 0 aliphatic rings. The zero-order valence-corrected chi connectivity index (χ0v) is 21.2. The molecule has 0 amide bonds. The van der Waals surface area contributed by atoms with Crippen molar-refractivity contribution >= 4 is 21.5 Å². The second-order valence-electron chi connectivity index (χ2n) is 8.16. The van der Waals surface area contributed by atoms with E-state index >= 15 is 0 Å². The molecule has 0 radical (unpaired) electrons. The molecule has 4 aromatic rings. The molecule has 0 spiro atoms. The van der Waals surface area contributed by atoms with Crippen LogP contribution in [0.3, 0.4) is 0 Å². The molecular formula is C26H28Cl2Ti.